The van der Waals surface area contributed by atoms with E-state index in [2.05, 4.69) is 22.7 Å². The molecule has 5 N–H and O–H groups in total. The highest BCUT2D eigenvalue weighted by Gasteiger charge is 2.37. The van der Waals surface area contributed by atoms with E-state index in [1.807, 2.05) is 4.90 Å². The second-order valence-electron chi connectivity index (χ2n) is 6.03. The van der Waals surface area contributed by atoms with Gasteiger partial charge >= 0.3 is 5.97 Å². The lowest BCUT2D eigenvalue weighted by molar-refractivity contribution is -0.142. The zero-order valence-corrected chi connectivity index (χ0v) is 14.4. The number of amides is 1. The molecular weight excluding hydrogens is 314 g/mol. The molecular formula is C15H29N5O4. The number of likely N-dealkylation sites (tertiary alicyclic amines) is 1. The summed E-state index contributed by atoms with van der Waals surface area (Å²) >= 11 is 0. The molecule has 1 aliphatic rings. The third kappa shape index (κ3) is 6.81. The number of carbonyl (C=O) groups excluding carboxylic acids is 1. The zero-order chi connectivity index (χ0) is 17.9. The topological polar surface area (TPSA) is 129 Å². The highest BCUT2D eigenvalue weighted by molar-refractivity contribution is 5.77. The molecule has 1 heterocycles. The number of aliphatic imine (C=N–C) groups is 1. The third-order valence-electron chi connectivity index (χ3n) is 4.08. The predicted octanol–water partition coefficient (Wildman–Crippen LogP) is -0.816. The molecule has 0 aromatic rings. The fourth-order valence-electron chi connectivity index (χ4n) is 3.03. The van der Waals surface area contributed by atoms with Crippen molar-refractivity contribution < 1.29 is 19.4 Å². The molecule has 0 aromatic carbocycles. The molecule has 0 spiro atoms. The highest BCUT2D eigenvalue weighted by atomic mass is 16.5. The number of rotatable bonds is 11. The Balaban J connectivity index is 2.63. The Morgan fingerprint density at radius 3 is 2.88 bits per heavy atom. The van der Waals surface area contributed by atoms with Crippen molar-refractivity contribution >= 4 is 18.2 Å². The first-order chi connectivity index (χ1) is 11.5. The van der Waals surface area contributed by atoms with E-state index in [1.54, 1.807) is 0 Å². The first kappa shape index (κ1) is 20.3. The van der Waals surface area contributed by atoms with Gasteiger partial charge in [0.25, 0.3) is 0 Å². The fraction of sp³-hybridized carbons (Fsp3) is 0.800. The summed E-state index contributed by atoms with van der Waals surface area (Å²) in [7, 11) is 1.47. The van der Waals surface area contributed by atoms with Gasteiger partial charge in [0.15, 0.2) is 0 Å². The molecule has 1 rings (SSSR count). The van der Waals surface area contributed by atoms with Crippen LogP contribution < -0.4 is 16.6 Å². The quantitative estimate of drug-likeness (QED) is 0.167. The molecule has 0 radical (unpaired) electrons. The summed E-state index contributed by atoms with van der Waals surface area (Å²) in [4.78, 5) is 29.2. The number of nitrogens with one attached hydrogen (secondary N) is 2. The lowest BCUT2D eigenvalue weighted by atomic mass is 10.0. The second kappa shape index (κ2) is 11.0. The molecule has 1 amide bonds. The lowest BCUT2D eigenvalue weighted by Crippen LogP contribution is -2.42. The van der Waals surface area contributed by atoms with Crippen LogP contribution in [0, 0.1) is 5.92 Å². The van der Waals surface area contributed by atoms with Crippen LogP contribution in [0.25, 0.3) is 0 Å². The number of carboxylic acids is 1. The second-order valence-corrected chi connectivity index (χ2v) is 6.03. The van der Waals surface area contributed by atoms with E-state index >= 15 is 0 Å². The van der Waals surface area contributed by atoms with Crippen molar-refractivity contribution in [2.75, 3.05) is 33.4 Å². The largest absolute Gasteiger partial charge is 0.480 e. The SMILES string of the molecule is CCCC(CNC(=O)COC)CN1C[C@H](N=CNN)C[C@@H]1C(=O)O. The molecule has 3 atom stereocenters. The number of hydrogen-bond acceptors (Lipinski definition) is 6. The van der Waals surface area contributed by atoms with E-state index in [-0.39, 0.29) is 24.5 Å². The summed E-state index contributed by atoms with van der Waals surface area (Å²) in [5, 5.41) is 12.3. The molecule has 1 unspecified atom stereocenters. The lowest BCUT2D eigenvalue weighted by Gasteiger charge is -2.26. The molecule has 0 saturated carbocycles. The highest BCUT2D eigenvalue weighted by Crippen LogP contribution is 2.23. The molecule has 1 fully saturated rings. The van der Waals surface area contributed by atoms with Crippen LogP contribution in [0.2, 0.25) is 0 Å². The molecule has 0 aromatic heterocycles. The Morgan fingerprint density at radius 1 is 1.54 bits per heavy atom. The van der Waals surface area contributed by atoms with Gasteiger partial charge in [0.05, 0.1) is 12.4 Å². The Bertz CT molecular complexity index is 432. The van der Waals surface area contributed by atoms with Crippen LogP contribution in [0.4, 0.5) is 0 Å². The number of ether oxygens (including phenoxy) is 1. The summed E-state index contributed by atoms with van der Waals surface area (Å²) in [5.74, 6) is 4.36. The van der Waals surface area contributed by atoms with E-state index in [4.69, 9.17) is 10.6 Å². The summed E-state index contributed by atoms with van der Waals surface area (Å²) in [6, 6.07) is -0.647. The molecule has 9 heteroatoms. The van der Waals surface area contributed by atoms with E-state index in [1.165, 1.54) is 13.4 Å². The van der Waals surface area contributed by atoms with Crippen molar-refractivity contribution in [1.29, 1.82) is 0 Å². The van der Waals surface area contributed by atoms with Crippen LogP contribution in [0.5, 0.6) is 0 Å². The summed E-state index contributed by atoms with van der Waals surface area (Å²) < 4.78 is 4.80. The maximum Gasteiger partial charge on any atom is 0.321 e. The van der Waals surface area contributed by atoms with Crippen LogP contribution in [-0.2, 0) is 14.3 Å². The van der Waals surface area contributed by atoms with Crippen LogP contribution in [0.15, 0.2) is 4.99 Å². The molecule has 0 bridgehead atoms. The monoisotopic (exact) mass is 343 g/mol. The van der Waals surface area contributed by atoms with Gasteiger partial charge in [0.2, 0.25) is 5.91 Å². The number of hydrogen-bond donors (Lipinski definition) is 4. The van der Waals surface area contributed by atoms with E-state index < -0.39 is 12.0 Å². The maximum absolute atomic E-state index is 11.6. The smallest absolute Gasteiger partial charge is 0.321 e. The number of hydrazine groups is 1. The molecule has 1 saturated heterocycles. The minimum absolute atomic E-state index is 0.0309. The van der Waals surface area contributed by atoms with Crippen molar-refractivity contribution in [1.82, 2.24) is 15.6 Å². The van der Waals surface area contributed by atoms with Gasteiger partial charge in [-0.1, -0.05) is 13.3 Å². The Hall–Kier alpha value is -1.71. The molecule has 9 nitrogen and oxygen atoms in total. The van der Waals surface area contributed by atoms with Gasteiger partial charge in [0.1, 0.15) is 12.6 Å². The standard InChI is InChI=1S/C15H29N5O4/c1-3-4-11(6-17-14(21)9-24-2)7-20-8-12(18-10-19-16)5-13(20)15(22)23/h10-13H,3-9,16H2,1-2H3,(H,17,21)(H,18,19)(H,22,23)/t11?,12-,13-/m1/s1. The van der Waals surface area contributed by atoms with Gasteiger partial charge < -0.3 is 20.6 Å². The van der Waals surface area contributed by atoms with Gasteiger partial charge in [-0.3, -0.25) is 19.5 Å². The number of carboxylic acid groups (broad SMARTS) is 1. The Morgan fingerprint density at radius 2 is 2.29 bits per heavy atom. The first-order valence-corrected chi connectivity index (χ1v) is 8.22. The maximum atomic E-state index is 11.6. The summed E-state index contributed by atoms with van der Waals surface area (Å²) in [6.45, 7) is 3.80. The number of aliphatic carboxylic acids is 1. The summed E-state index contributed by atoms with van der Waals surface area (Å²) in [5.41, 5.74) is 2.34. The van der Waals surface area contributed by atoms with Crippen molar-refractivity contribution in [3.63, 3.8) is 0 Å². The first-order valence-electron chi connectivity index (χ1n) is 8.22. The number of nitrogens with two attached hydrogens (primary N) is 1. The van der Waals surface area contributed by atoms with Gasteiger partial charge in [-0.15, -0.1) is 0 Å². The Kier molecular flexibility index (Phi) is 9.28. The normalized spacial score (nSPS) is 22.6. The van der Waals surface area contributed by atoms with Crippen LogP contribution in [-0.4, -0.2) is 73.7 Å². The minimum atomic E-state index is -0.841. The molecule has 24 heavy (non-hydrogen) atoms. The average molecular weight is 343 g/mol. The van der Waals surface area contributed by atoms with Crippen molar-refractivity contribution in [2.24, 2.45) is 16.8 Å². The van der Waals surface area contributed by atoms with Crippen molar-refractivity contribution in [2.45, 2.75) is 38.3 Å². The number of methoxy groups -OCH3 is 1. The molecule has 0 aliphatic carbocycles. The van der Waals surface area contributed by atoms with Crippen molar-refractivity contribution in [3.05, 3.63) is 0 Å². The van der Waals surface area contributed by atoms with Crippen LogP contribution >= 0.6 is 0 Å². The fourth-order valence-corrected chi connectivity index (χ4v) is 3.03. The van der Waals surface area contributed by atoms with E-state index in [9.17, 15) is 14.7 Å². The minimum Gasteiger partial charge on any atom is -0.480 e. The van der Waals surface area contributed by atoms with Gasteiger partial charge in [-0.2, -0.15) is 0 Å². The van der Waals surface area contributed by atoms with Crippen LogP contribution in [0.1, 0.15) is 26.2 Å². The molecule has 1 aliphatic heterocycles. The van der Waals surface area contributed by atoms with Gasteiger partial charge in [-0.25, -0.2) is 5.84 Å². The summed E-state index contributed by atoms with van der Waals surface area (Å²) in [6.07, 6.45) is 3.73. The Labute approximate surface area is 142 Å². The third-order valence-corrected chi connectivity index (χ3v) is 4.08. The van der Waals surface area contributed by atoms with Crippen LogP contribution in [0.3, 0.4) is 0 Å². The van der Waals surface area contributed by atoms with E-state index in [0.29, 0.717) is 26.1 Å². The number of carbonyl (C=O) groups is 2. The average Bonchev–Trinajstić information content (AvgIpc) is 2.94. The zero-order valence-electron chi connectivity index (χ0n) is 14.4. The van der Waals surface area contributed by atoms with Gasteiger partial charge in [-0.05, 0) is 18.8 Å². The van der Waals surface area contributed by atoms with Crippen molar-refractivity contribution in [3.8, 4) is 0 Å². The van der Waals surface area contributed by atoms with Gasteiger partial charge in [0, 0.05) is 26.7 Å². The van der Waals surface area contributed by atoms with E-state index in [0.717, 1.165) is 12.8 Å². The number of nitrogens with zero attached hydrogens (tertiary/aromatic N) is 2. The predicted molar refractivity (Wildman–Crippen MR) is 90.5 cm³/mol. The molecule has 138 valence electrons.